The summed E-state index contributed by atoms with van der Waals surface area (Å²) in [4.78, 5) is 17.7. The van der Waals surface area contributed by atoms with Crippen molar-refractivity contribution >= 4 is 5.97 Å². The molecule has 0 aliphatic carbocycles. The molecule has 1 N–H and O–H groups in total. The maximum atomic E-state index is 11.3. The lowest BCUT2D eigenvalue weighted by atomic mass is 10.2. The lowest BCUT2D eigenvalue weighted by molar-refractivity contribution is 0.0691. The molecule has 0 amide bonds. The lowest BCUT2D eigenvalue weighted by Crippen LogP contribution is -2.25. The molecule has 0 bridgehead atoms. The lowest BCUT2D eigenvalue weighted by Gasteiger charge is -2.15. The van der Waals surface area contributed by atoms with Crippen LogP contribution >= 0.6 is 0 Å². The van der Waals surface area contributed by atoms with E-state index >= 15 is 0 Å². The molecule has 3 rings (SSSR count). The predicted molar refractivity (Wildman–Crippen MR) is 74.9 cm³/mol. The van der Waals surface area contributed by atoms with Crippen molar-refractivity contribution in [3.05, 3.63) is 18.2 Å². The number of aryl methyl sites for hydroxylation is 1. The molecule has 0 atom stereocenters. The summed E-state index contributed by atoms with van der Waals surface area (Å²) in [5.41, 5.74) is 1.19. The molecule has 0 aromatic carbocycles. The Morgan fingerprint density at radius 2 is 2.10 bits per heavy atom. The number of likely N-dealkylation sites (tertiary alicyclic amines) is 1. The molecule has 2 aromatic rings. The van der Waals surface area contributed by atoms with E-state index in [0.29, 0.717) is 17.9 Å². The molecule has 112 valence electrons. The monoisotopic (exact) mass is 290 g/mol. The number of aromatic nitrogens is 5. The molecule has 1 aliphatic heterocycles. The molecule has 8 heteroatoms. The predicted octanol–water partition coefficient (Wildman–Crippen LogP) is 0.473. The topological polar surface area (TPSA) is 89.1 Å². The Morgan fingerprint density at radius 1 is 1.33 bits per heavy atom. The van der Waals surface area contributed by atoms with Gasteiger partial charge in [0.15, 0.2) is 5.69 Å². The van der Waals surface area contributed by atoms with Crippen LogP contribution in [-0.2, 0) is 13.6 Å². The van der Waals surface area contributed by atoms with E-state index < -0.39 is 5.97 Å². The highest BCUT2D eigenvalue weighted by Crippen LogP contribution is 2.21. The van der Waals surface area contributed by atoms with E-state index in [1.165, 1.54) is 12.8 Å². The third-order valence-corrected chi connectivity index (χ3v) is 3.82. The highest BCUT2D eigenvalue weighted by atomic mass is 16.4. The van der Waals surface area contributed by atoms with Gasteiger partial charge in [-0.3, -0.25) is 0 Å². The first-order chi connectivity index (χ1) is 10.2. The maximum absolute atomic E-state index is 11.3. The van der Waals surface area contributed by atoms with Crippen LogP contribution in [0, 0.1) is 0 Å². The zero-order valence-corrected chi connectivity index (χ0v) is 11.9. The fraction of sp³-hybridized carbons (Fsp3) is 0.538. The zero-order chi connectivity index (χ0) is 14.8. The van der Waals surface area contributed by atoms with Crippen LogP contribution < -0.4 is 0 Å². The van der Waals surface area contributed by atoms with E-state index in [2.05, 4.69) is 20.2 Å². The van der Waals surface area contributed by atoms with Crippen LogP contribution in [0.15, 0.2) is 12.5 Å². The average Bonchev–Trinajstić information content (AvgIpc) is 3.15. The summed E-state index contributed by atoms with van der Waals surface area (Å²) in [6.45, 7) is 3.68. The zero-order valence-electron chi connectivity index (χ0n) is 11.9. The van der Waals surface area contributed by atoms with Crippen molar-refractivity contribution in [1.29, 1.82) is 0 Å². The molecule has 3 heterocycles. The van der Waals surface area contributed by atoms with Gasteiger partial charge >= 0.3 is 5.97 Å². The number of aromatic carboxylic acids is 1. The molecular formula is C13H18N6O2. The van der Waals surface area contributed by atoms with Crippen molar-refractivity contribution in [3.8, 4) is 11.4 Å². The first kappa shape index (κ1) is 13.7. The maximum Gasteiger partial charge on any atom is 0.358 e. The number of rotatable bonds is 5. The number of carboxylic acids is 1. The van der Waals surface area contributed by atoms with Gasteiger partial charge in [0.1, 0.15) is 5.69 Å². The highest BCUT2D eigenvalue weighted by molar-refractivity contribution is 5.92. The molecule has 1 fully saturated rings. The van der Waals surface area contributed by atoms with Gasteiger partial charge in [0.25, 0.3) is 0 Å². The van der Waals surface area contributed by atoms with Gasteiger partial charge < -0.3 is 14.6 Å². The summed E-state index contributed by atoms with van der Waals surface area (Å²) < 4.78 is 3.44. The SMILES string of the molecule is Cn1cncc1-c1c(C(=O)O)nnn1CCN1CCCC1. The van der Waals surface area contributed by atoms with Crippen LogP contribution in [0.5, 0.6) is 0 Å². The first-order valence-electron chi connectivity index (χ1n) is 7.02. The van der Waals surface area contributed by atoms with Crippen molar-refractivity contribution in [2.24, 2.45) is 7.05 Å². The molecule has 0 saturated carbocycles. The van der Waals surface area contributed by atoms with Gasteiger partial charge in [-0.05, 0) is 25.9 Å². The van der Waals surface area contributed by atoms with Gasteiger partial charge in [-0.15, -0.1) is 5.10 Å². The van der Waals surface area contributed by atoms with Crippen molar-refractivity contribution < 1.29 is 9.90 Å². The first-order valence-corrected chi connectivity index (χ1v) is 7.02. The largest absolute Gasteiger partial charge is 0.476 e. The second-order valence-electron chi connectivity index (χ2n) is 5.25. The quantitative estimate of drug-likeness (QED) is 0.861. The van der Waals surface area contributed by atoms with Crippen molar-refractivity contribution in [3.63, 3.8) is 0 Å². The highest BCUT2D eigenvalue weighted by Gasteiger charge is 2.23. The van der Waals surface area contributed by atoms with Gasteiger partial charge in [-0.2, -0.15) is 0 Å². The molecule has 2 aromatic heterocycles. The van der Waals surface area contributed by atoms with Crippen LogP contribution in [-0.4, -0.2) is 60.2 Å². The molecular weight excluding hydrogens is 272 g/mol. The fourth-order valence-electron chi connectivity index (χ4n) is 2.69. The van der Waals surface area contributed by atoms with E-state index in [1.54, 1.807) is 21.8 Å². The Kier molecular flexibility index (Phi) is 3.70. The summed E-state index contributed by atoms with van der Waals surface area (Å²) in [6.07, 6.45) is 5.73. The number of imidazole rings is 1. The van der Waals surface area contributed by atoms with Gasteiger partial charge in [0.2, 0.25) is 0 Å². The third kappa shape index (κ3) is 2.66. The number of nitrogens with zero attached hydrogens (tertiary/aromatic N) is 6. The molecule has 0 radical (unpaired) electrons. The van der Waals surface area contributed by atoms with Crippen LogP contribution in [0.25, 0.3) is 11.4 Å². The Hall–Kier alpha value is -2.22. The number of carboxylic acid groups (broad SMARTS) is 1. The normalized spacial score (nSPS) is 15.7. The van der Waals surface area contributed by atoms with Crippen molar-refractivity contribution in [1.82, 2.24) is 29.4 Å². The van der Waals surface area contributed by atoms with Crippen molar-refractivity contribution in [2.45, 2.75) is 19.4 Å². The van der Waals surface area contributed by atoms with Crippen molar-refractivity contribution in [2.75, 3.05) is 19.6 Å². The molecule has 8 nitrogen and oxygen atoms in total. The van der Waals surface area contributed by atoms with Gasteiger partial charge in [-0.25, -0.2) is 14.5 Å². The second-order valence-corrected chi connectivity index (χ2v) is 5.25. The van der Waals surface area contributed by atoms with Gasteiger partial charge in [-0.1, -0.05) is 5.21 Å². The molecule has 0 spiro atoms. The molecule has 21 heavy (non-hydrogen) atoms. The van der Waals surface area contributed by atoms with Gasteiger partial charge in [0, 0.05) is 13.6 Å². The number of hydrogen-bond acceptors (Lipinski definition) is 5. The molecule has 0 unspecified atom stereocenters. The van der Waals surface area contributed by atoms with E-state index in [0.717, 1.165) is 19.6 Å². The minimum absolute atomic E-state index is 0.0278. The second kappa shape index (κ2) is 5.65. The minimum atomic E-state index is -1.07. The third-order valence-electron chi connectivity index (χ3n) is 3.82. The summed E-state index contributed by atoms with van der Waals surface area (Å²) in [5.74, 6) is -1.07. The smallest absolute Gasteiger partial charge is 0.358 e. The van der Waals surface area contributed by atoms with E-state index in [4.69, 9.17) is 0 Å². The fourth-order valence-corrected chi connectivity index (χ4v) is 2.69. The Bertz CT molecular complexity index is 641. The number of hydrogen-bond donors (Lipinski definition) is 1. The van der Waals surface area contributed by atoms with E-state index in [1.807, 2.05) is 7.05 Å². The van der Waals surface area contributed by atoms with Crippen LogP contribution in [0.2, 0.25) is 0 Å². The molecule has 1 aliphatic rings. The Labute approximate surface area is 122 Å². The van der Waals surface area contributed by atoms with E-state index in [-0.39, 0.29) is 5.69 Å². The van der Waals surface area contributed by atoms with Crippen LogP contribution in [0.1, 0.15) is 23.3 Å². The molecule has 1 saturated heterocycles. The number of carbonyl (C=O) groups is 1. The Morgan fingerprint density at radius 3 is 2.71 bits per heavy atom. The van der Waals surface area contributed by atoms with Gasteiger partial charge in [0.05, 0.1) is 24.8 Å². The summed E-state index contributed by atoms with van der Waals surface area (Å²) in [6, 6.07) is 0. The summed E-state index contributed by atoms with van der Waals surface area (Å²) >= 11 is 0. The van der Waals surface area contributed by atoms with E-state index in [9.17, 15) is 9.90 Å². The average molecular weight is 290 g/mol. The minimum Gasteiger partial charge on any atom is -0.476 e. The van der Waals surface area contributed by atoms with Crippen LogP contribution in [0.4, 0.5) is 0 Å². The Balaban J connectivity index is 1.89. The summed E-state index contributed by atoms with van der Waals surface area (Å²) in [7, 11) is 1.83. The van der Waals surface area contributed by atoms with Crippen LogP contribution in [0.3, 0.4) is 0 Å². The summed E-state index contributed by atoms with van der Waals surface area (Å²) in [5, 5.41) is 17.1. The standard InChI is InChI=1S/C13H18N6O2/c1-17-9-14-8-10(17)12-11(13(20)21)15-16-19(12)7-6-18-4-2-3-5-18/h8-9H,2-7H2,1H3,(H,20,21).